The Morgan fingerprint density at radius 3 is 2.55 bits per heavy atom. The van der Waals surface area contributed by atoms with Gasteiger partial charge in [0.2, 0.25) is 0 Å². The lowest BCUT2D eigenvalue weighted by Crippen LogP contribution is -2.09. The molecule has 0 saturated carbocycles. The third-order valence-electron chi connectivity index (χ3n) is 3.16. The molecule has 114 valence electrons. The number of benzene rings is 1. The van der Waals surface area contributed by atoms with Crippen LogP contribution in [0.1, 0.15) is 34.7 Å². The van der Waals surface area contributed by atoms with Crippen LogP contribution >= 0.6 is 0 Å². The van der Waals surface area contributed by atoms with E-state index in [2.05, 4.69) is 4.98 Å². The molecule has 0 radical (unpaired) electrons. The van der Waals surface area contributed by atoms with Gasteiger partial charge < -0.3 is 9.47 Å². The van der Waals surface area contributed by atoms with Gasteiger partial charge in [0, 0.05) is 24.2 Å². The molecule has 0 aliphatic heterocycles. The van der Waals surface area contributed by atoms with Gasteiger partial charge >= 0.3 is 5.97 Å². The molecule has 0 atom stereocenters. The van der Waals surface area contributed by atoms with Crippen LogP contribution in [0, 0.1) is 0 Å². The maximum Gasteiger partial charge on any atom is 0.340 e. The summed E-state index contributed by atoms with van der Waals surface area (Å²) < 4.78 is 10.4. The van der Waals surface area contributed by atoms with E-state index in [1.807, 2.05) is 18.2 Å². The van der Waals surface area contributed by atoms with E-state index in [1.54, 1.807) is 26.2 Å². The van der Waals surface area contributed by atoms with Crippen LogP contribution in [0.15, 0.2) is 36.5 Å². The summed E-state index contributed by atoms with van der Waals surface area (Å²) in [7, 11) is 1.55. The van der Waals surface area contributed by atoms with Crippen molar-refractivity contribution in [2.75, 3.05) is 13.7 Å². The lowest BCUT2D eigenvalue weighted by Gasteiger charge is -2.13. The van der Waals surface area contributed by atoms with E-state index in [-0.39, 0.29) is 18.1 Å². The lowest BCUT2D eigenvalue weighted by atomic mass is 9.99. The Bertz CT molecular complexity index is 710. The minimum Gasteiger partial charge on any atom is -0.496 e. The van der Waals surface area contributed by atoms with Crippen LogP contribution in [0.5, 0.6) is 5.75 Å². The molecule has 0 spiro atoms. The summed E-state index contributed by atoms with van der Waals surface area (Å²) in [5.41, 5.74) is 1.86. The lowest BCUT2D eigenvalue weighted by molar-refractivity contribution is 0.0526. The molecule has 2 rings (SSSR count). The van der Waals surface area contributed by atoms with Gasteiger partial charge in [0.25, 0.3) is 0 Å². The summed E-state index contributed by atoms with van der Waals surface area (Å²) in [5, 5.41) is 0. The van der Waals surface area contributed by atoms with Crippen molar-refractivity contribution >= 4 is 11.8 Å². The van der Waals surface area contributed by atoms with E-state index < -0.39 is 5.97 Å². The summed E-state index contributed by atoms with van der Waals surface area (Å²) in [5.74, 6) is -0.0497. The second-order valence-electron chi connectivity index (χ2n) is 4.59. The van der Waals surface area contributed by atoms with E-state index in [1.165, 1.54) is 13.1 Å². The van der Waals surface area contributed by atoms with Gasteiger partial charge in [-0.3, -0.25) is 9.78 Å². The number of carbonyl (C=O) groups is 2. The van der Waals surface area contributed by atoms with Crippen molar-refractivity contribution in [3.05, 3.63) is 47.8 Å². The third kappa shape index (κ3) is 3.14. The number of nitrogens with zero attached hydrogens (tertiary/aromatic N) is 1. The predicted octanol–water partition coefficient (Wildman–Crippen LogP) is 3.14. The number of esters is 1. The van der Waals surface area contributed by atoms with E-state index in [4.69, 9.17) is 9.47 Å². The summed E-state index contributed by atoms with van der Waals surface area (Å²) >= 11 is 0. The normalized spacial score (nSPS) is 10.1. The van der Waals surface area contributed by atoms with Crippen LogP contribution in [-0.2, 0) is 4.74 Å². The predicted molar refractivity (Wildman–Crippen MR) is 82.2 cm³/mol. The number of para-hydroxylation sites is 1. The first-order chi connectivity index (χ1) is 10.6. The largest absolute Gasteiger partial charge is 0.496 e. The van der Waals surface area contributed by atoms with Crippen LogP contribution in [0.4, 0.5) is 0 Å². The number of hydrogen-bond acceptors (Lipinski definition) is 5. The summed E-state index contributed by atoms with van der Waals surface area (Å²) in [6.45, 7) is 3.43. The molecule has 0 amide bonds. The zero-order chi connectivity index (χ0) is 16.1. The first kappa shape index (κ1) is 15.7. The second-order valence-corrected chi connectivity index (χ2v) is 4.59. The number of aromatic nitrogens is 1. The van der Waals surface area contributed by atoms with E-state index in [9.17, 15) is 9.59 Å². The highest BCUT2D eigenvalue weighted by atomic mass is 16.5. The molecule has 5 nitrogen and oxygen atoms in total. The first-order valence-electron chi connectivity index (χ1n) is 6.90. The van der Waals surface area contributed by atoms with Crippen molar-refractivity contribution < 1.29 is 19.1 Å². The number of pyridine rings is 1. The van der Waals surface area contributed by atoms with Crippen molar-refractivity contribution in [3.63, 3.8) is 0 Å². The molecule has 0 unspecified atom stereocenters. The molecule has 0 aliphatic rings. The third-order valence-corrected chi connectivity index (χ3v) is 3.16. The molecular formula is C17H17NO4. The van der Waals surface area contributed by atoms with Crippen molar-refractivity contribution in [1.82, 2.24) is 4.98 Å². The van der Waals surface area contributed by atoms with Crippen LogP contribution < -0.4 is 4.74 Å². The highest BCUT2D eigenvalue weighted by Gasteiger charge is 2.19. The molecule has 1 aromatic heterocycles. The number of Topliss-reactive ketones (excluding diaryl/α,β-unsaturated/α-hetero) is 1. The second kappa shape index (κ2) is 6.85. The van der Waals surface area contributed by atoms with Crippen LogP contribution in [0.2, 0.25) is 0 Å². The van der Waals surface area contributed by atoms with Gasteiger partial charge in [0.05, 0.1) is 19.3 Å². The zero-order valence-corrected chi connectivity index (χ0v) is 12.8. The maximum atomic E-state index is 12.1. The molecule has 1 aromatic carbocycles. The van der Waals surface area contributed by atoms with E-state index in [0.717, 1.165) is 0 Å². The Labute approximate surface area is 128 Å². The monoisotopic (exact) mass is 299 g/mol. The SMILES string of the molecule is CCOC(=O)c1cnc(C(C)=O)cc1-c1ccccc1OC. The Kier molecular flexibility index (Phi) is 4.88. The number of hydrogen-bond donors (Lipinski definition) is 0. The highest BCUT2D eigenvalue weighted by Crippen LogP contribution is 2.32. The molecule has 0 N–H and O–H groups in total. The van der Waals surface area contributed by atoms with Crippen molar-refractivity contribution in [2.24, 2.45) is 0 Å². The van der Waals surface area contributed by atoms with E-state index >= 15 is 0 Å². The molecule has 0 aliphatic carbocycles. The highest BCUT2D eigenvalue weighted by molar-refractivity contribution is 6.00. The smallest absolute Gasteiger partial charge is 0.340 e. The summed E-state index contributed by atoms with van der Waals surface area (Å²) in [6.07, 6.45) is 1.37. The molecule has 0 saturated heterocycles. The van der Waals surface area contributed by atoms with Crippen molar-refractivity contribution in [2.45, 2.75) is 13.8 Å². The van der Waals surface area contributed by atoms with Crippen molar-refractivity contribution in [3.8, 4) is 16.9 Å². The van der Waals surface area contributed by atoms with Gasteiger partial charge in [-0.2, -0.15) is 0 Å². The average molecular weight is 299 g/mol. The number of rotatable bonds is 5. The van der Waals surface area contributed by atoms with Crippen LogP contribution in [0.3, 0.4) is 0 Å². The van der Waals surface area contributed by atoms with Gasteiger partial charge in [0.15, 0.2) is 5.78 Å². The Hall–Kier alpha value is -2.69. The average Bonchev–Trinajstić information content (AvgIpc) is 2.54. The minimum absolute atomic E-state index is 0.174. The van der Waals surface area contributed by atoms with Gasteiger partial charge in [-0.25, -0.2) is 4.79 Å². The molecule has 2 aromatic rings. The Morgan fingerprint density at radius 1 is 1.18 bits per heavy atom. The van der Waals surface area contributed by atoms with Gasteiger partial charge in [-0.05, 0) is 19.1 Å². The molecule has 0 bridgehead atoms. The molecule has 1 heterocycles. The first-order valence-corrected chi connectivity index (χ1v) is 6.90. The number of carbonyl (C=O) groups excluding carboxylic acids is 2. The molecule has 0 fully saturated rings. The standard InChI is InChI=1S/C17H17NO4/c1-4-22-17(20)14-10-18-15(11(2)19)9-13(14)12-7-5-6-8-16(12)21-3/h5-10H,4H2,1-3H3. The quantitative estimate of drug-likeness (QED) is 0.627. The van der Waals surface area contributed by atoms with Gasteiger partial charge in [-0.15, -0.1) is 0 Å². The fourth-order valence-corrected chi connectivity index (χ4v) is 2.11. The Balaban J connectivity index is 2.66. The van der Waals surface area contributed by atoms with Gasteiger partial charge in [-0.1, -0.05) is 18.2 Å². The maximum absolute atomic E-state index is 12.1. The van der Waals surface area contributed by atoms with E-state index in [0.29, 0.717) is 22.4 Å². The summed E-state index contributed by atoms with van der Waals surface area (Å²) in [4.78, 5) is 27.7. The Morgan fingerprint density at radius 2 is 1.91 bits per heavy atom. The summed E-state index contributed by atoms with van der Waals surface area (Å²) in [6, 6.07) is 8.87. The van der Waals surface area contributed by atoms with Crippen LogP contribution in [0.25, 0.3) is 11.1 Å². The van der Waals surface area contributed by atoms with Gasteiger partial charge in [0.1, 0.15) is 11.4 Å². The number of methoxy groups -OCH3 is 1. The fraction of sp³-hybridized carbons (Fsp3) is 0.235. The minimum atomic E-state index is -0.481. The van der Waals surface area contributed by atoms with Crippen molar-refractivity contribution in [1.29, 1.82) is 0 Å². The molecule has 5 heteroatoms. The molecular weight excluding hydrogens is 282 g/mol. The fourth-order valence-electron chi connectivity index (χ4n) is 2.11. The molecule has 22 heavy (non-hydrogen) atoms. The topological polar surface area (TPSA) is 65.5 Å². The zero-order valence-electron chi connectivity index (χ0n) is 12.8. The number of ketones is 1. The van der Waals surface area contributed by atoms with Crippen LogP contribution in [-0.4, -0.2) is 30.5 Å². The number of ether oxygens (including phenoxy) is 2.